The van der Waals surface area contributed by atoms with Crippen LogP contribution in [0.15, 0.2) is 18.2 Å². The fourth-order valence-electron chi connectivity index (χ4n) is 1.38. The summed E-state index contributed by atoms with van der Waals surface area (Å²) in [5.41, 5.74) is 0.675. The van der Waals surface area contributed by atoms with Crippen LogP contribution >= 0.6 is 0 Å². The monoisotopic (exact) mass is 270 g/mol. The maximum Gasteiger partial charge on any atom is 0.163 e. The Hall–Kier alpha value is -1.51. The van der Waals surface area contributed by atoms with Gasteiger partial charge < -0.3 is 9.47 Å². The lowest BCUT2D eigenvalue weighted by Gasteiger charge is -2.08. The number of methoxy groups -OCH3 is 2. The molecule has 0 amide bonds. The van der Waals surface area contributed by atoms with Crippen LogP contribution in [0.25, 0.3) is 0 Å². The van der Waals surface area contributed by atoms with Crippen molar-refractivity contribution in [1.82, 2.24) is 0 Å². The van der Waals surface area contributed by atoms with Gasteiger partial charge in [0.05, 0.1) is 14.2 Å². The van der Waals surface area contributed by atoms with Gasteiger partial charge in [-0.2, -0.15) is 0 Å². The Morgan fingerprint density at radius 1 is 1.05 bits per heavy atom. The number of carbonyl (C=O) groups is 1. The fourth-order valence-corrected chi connectivity index (χ4v) is 1.38. The summed E-state index contributed by atoms with van der Waals surface area (Å²) in [5, 5.41) is 0. The average Bonchev–Trinajstić information content (AvgIpc) is 2.50. The molecule has 0 spiro atoms. The first-order valence-electron chi connectivity index (χ1n) is 6.98. The van der Waals surface area contributed by atoms with Crippen LogP contribution in [0.4, 0.5) is 0 Å². The van der Waals surface area contributed by atoms with E-state index in [1.807, 2.05) is 34.6 Å². The zero-order valence-electron chi connectivity index (χ0n) is 13.4. The third-order valence-corrected chi connectivity index (χ3v) is 2.18. The third-order valence-electron chi connectivity index (χ3n) is 2.18. The summed E-state index contributed by atoms with van der Waals surface area (Å²) in [5.74, 6) is 1.38. The van der Waals surface area contributed by atoms with Crippen molar-refractivity contribution < 1.29 is 15.7 Å². The highest BCUT2D eigenvalue weighted by Gasteiger charge is 2.09. The molecule has 3 heteroatoms. The van der Waals surface area contributed by atoms with E-state index in [9.17, 15) is 4.79 Å². The normalized spacial score (nSPS) is 8.37. The number of benzene rings is 1. The molecule has 0 aliphatic carbocycles. The number of ether oxygens (including phenoxy) is 2. The molecule has 0 aliphatic heterocycles. The lowest BCUT2D eigenvalue weighted by molar-refractivity contribution is 0.0981. The van der Waals surface area contributed by atoms with Gasteiger partial charge >= 0.3 is 0 Å². The van der Waals surface area contributed by atoms with Crippen LogP contribution < -0.4 is 9.47 Å². The quantitative estimate of drug-likeness (QED) is 0.707. The first-order valence-corrected chi connectivity index (χ1v) is 6.98. The van der Waals surface area contributed by atoms with Crippen molar-refractivity contribution in [1.29, 1.82) is 0 Å². The highest BCUT2D eigenvalue weighted by Crippen LogP contribution is 2.28. The van der Waals surface area contributed by atoms with Gasteiger partial charge in [0, 0.05) is 13.4 Å². The molecule has 0 saturated heterocycles. The molecule has 0 atom stereocenters. The molecule has 0 bridgehead atoms. The lowest BCUT2D eigenvalue weighted by atomic mass is 10.1. The Balaban J connectivity index is -0.000000529. The Morgan fingerprint density at radius 3 is 2.00 bits per heavy atom. The number of Topliss-reactive ketones (excluding diaryl/α,β-unsaturated/α-hetero) is 1. The van der Waals surface area contributed by atoms with E-state index in [4.69, 9.17) is 9.47 Å². The minimum absolute atomic E-state index is 0. The van der Waals surface area contributed by atoms with Crippen molar-refractivity contribution in [3.8, 4) is 11.5 Å². The third kappa shape index (κ3) is 6.85. The molecule has 0 aliphatic rings. The molecule has 0 saturated carbocycles. The largest absolute Gasteiger partial charge is 0.493 e. The van der Waals surface area contributed by atoms with E-state index in [-0.39, 0.29) is 7.21 Å². The highest BCUT2D eigenvalue weighted by molar-refractivity contribution is 5.96. The predicted molar refractivity (Wildman–Crippen MR) is 83.6 cm³/mol. The van der Waals surface area contributed by atoms with E-state index >= 15 is 0 Å². The Labute approximate surface area is 119 Å². The molecule has 0 aromatic heterocycles. The second-order valence-electron chi connectivity index (χ2n) is 3.24. The summed E-state index contributed by atoms with van der Waals surface area (Å²) < 4.78 is 10.2. The topological polar surface area (TPSA) is 35.5 Å². The zero-order valence-corrected chi connectivity index (χ0v) is 13.4. The number of carbonyl (C=O) groups excluding carboxylic acids is 1. The summed E-state index contributed by atoms with van der Waals surface area (Å²) in [6, 6.07) is 5.23. The van der Waals surface area contributed by atoms with Gasteiger partial charge in [0.15, 0.2) is 17.3 Å². The summed E-state index contributed by atoms with van der Waals surface area (Å²) in [6.07, 6.45) is 1.42. The lowest BCUT2D eigenvalue weighted by Crippen LogP contribution is -1.99. The van der Waals surface area contributed by atoms with E-state index in [1.54, 1.807) is 32.4 Å². The molecule has 0 N–H and O–H groups in total. The maximum atomic E-state index is 11.6. The van der Waals surface area contributed by atoms with Gasteiger partial charge in [0.2, 0.25) is 0 Å². The first kappa shape index (κ1) is 19.8. The van der Waals surface area contributed by atoms with Crippen molar-refractivity contribution in [2.75, 3.05) is 14.2 Å². The smallest absolute Gasteiger partial charge is 0.163 e. The summed E-state index contributed by atoms with van der Waals surface area (Å²) in [4.78, 5) is 11.6. The molecule has 0 fully saturated rings. The standard InChI is InChI=1S/C12H16O3.2C2H6.H2/c1-4-5-10(13)9-6-7-11(14-2)12(8-9)15-3;2*1-2;/h6-8H,4-5H2,1-3H3;2*1-2H3;1H. The molecule has 1 aromatic carbocycles. The summed E-state index contributed by atoms with van der Waals surface area (Å²) >= 11 is 0. The molecule has 1 rings (SSSR count). The van der Waals surface area contributed by atoms with Gasteiger partial charge in [-0.25, -0.2) is 0 Å². The van der Waals surface area contributed by atoms with Crippen LogP contribution in [0.1, 0.15) is 59.2 Å². The zero-order chi connectivity index (χ0) is 15.3. The van der Waals surface area contributed by atoms with E-state index in [0.29, 0.717) is 23.5 Å². The van der Waals surface area contributed by atoms with Crippen LogP contribution in [0.5, 0.6) is 11.5 Å². The minimum atomic E-state index is 0. The van der Waals surface area contributed by atoms with Gasteiger partial charge in [-0.3, -0.25) is 4.79 Å². The number of rotatable bonds is 5. The van der Waals surface area contributed by atoms with Crippen LogP contribution in [0, 0.1) is 0 Å². The first-order chi connectivity index (χ1) is 9.22. The van der Waals surface area contributed by atoms with Crippen molar-refractivity contribution in [2.45, 2.75) is 47.5 Å². The SMILES string of the molecule is CC.CC.CCCC(=O)c1ccc(OC)c(OC)c1.[HH]. The molecule has 1 aromatic rings. The molecule has 0 heterocycles. The Bertz CT molecular complexity index is 352. The van der Waals surface area contributed by atoms with Crippen molar-refractivity contribution in [3.63, 3.8) is 0 Å². The maximum absolute atomic E-state index is 11.6. The minimum Gasteiger partial charge on any atom is -0.493 e. The van der Waals surface area contributed by atoms with Gasteiger partial charge in [0.1, 0.15) is 0 Å². The van der Waals surface area contributed by atoms with Gasteiger partial charge in [-0.15, -0.1) is 0 Å². The van der Waals surface area contributed by atoms with Crippen molar-refractivity contribution in [3.05, 3.63) is 23.8 Å². The highest BCUT2D eigenvalue weighted by atomic mass is 16.5. The summed E-state index contributed by atoms with van der Waals surface area (Å²) in [7, 11) is 3.14. The van der Waals surface area contributed by atoms with E-state index < -0.39 is 0 Å². The average molecular weight is 270 g/mol. The van der Waals surface area contributed by atoms with Crippen LogP contribution in [0.2, 0.25) is 0 Å². The summed E-state index contributed by atoms with van der Waals surface area (Å²) in [6.45, 7) is 9.98. The Kier molecular flexibility index (Phi) is 13.5. The van der Waals surface area contributed by atoms with E-state index in [1.165, 1.54) is 0 Å². The molecular weight excluding hydrogens is 240 g/mol. The van der Waals surface area contributed by atoms with Gasteiger partial charge in [0.25, 0.3) is 0 Å². The van der Waals surface area contributed by atoms with Gasteiger partial charge in [-0.05, 0) is 24.6 Å². The Morgan fingerprint density at radius 2 is 1.58 bits per heavy atom. The van der Waals surface area contributed by atoms with Crippen molar-refractivity contribution in [2.24, 2.45) is 0 Å². The number of ketones is 1. The molecule has 0 unspecified atom stereocenters. The van der Waals surface area contributed by atoms with E-state index in [2.05, 4.69) is 0 Å². The van der Waals surface area contributed by atoms with Crippen LogP contribution in [0.3, 0.4) is 0 Å². The molecule has 3 nitrogen and oxygen atoms in total. The van der Waals surface area contributed by atoms with Crippen LogP contribution in [-0.2, 0) is 0 Å². The fraction of sp³-hybridized carbons (Fsp3) is 0.562. The molecule has 112 valence electrons. The van der Waals surface area contributed by atoms with E-state index in [0.717, 1.165) is 6.42 Å². The number of hydrogen-bond acceptors (Lipinski definition) is 3. The second kappa shape index (κ2) is 12.9. The van der Waals surface area contributed by atoms with Crippen LogP contribution in [-0.4, -0.2) is 20.0 Å². The number of hydrogen-bond donors (Lipinski definition) is 0. The predicted octanol–water partition coefficient (Wildman–Crippen LogP) is 4.99. The van der Waals surface area contributed by atoms with Gasteiger partial charge in [-0.1, -0.05) is 34.6 Å². The van der Waals surface area contributed by atoms with Crippen molar-refractivity contribution >= 4 is 5.78 Å². The molecule has 19 heavy (non-hydrogen) atoms. The second-order valence-corrected chi connectivity index (χ2v) is 3.24. The molecular formula is C16H30O3. The molecule has 0 radical (unpaired) electrons.